The van der Waals surface area contributed by atoms with Gasteiger partial charge in [-0.15, -0.1) is 0 Å². The predicted octanol–water partition coefficient (Wildman–Crippen LogP) is 4.72. The maximum absolute atomic E-state index is 13.0. The van der Waals surface area contributed by atoms with E-state index in [2.05, 4.69) is 10.1 Å². The van der Waals surface area contributed by atoms with Crippen LogP contribution in [0.3, 0.4) is 0 Å². The first-order chi connectivity index (χ1) is 9.12. The summed E-state index contributed by atoms with van der Waals surface area (Å²) in [5, 5.41) is 4.45. The van der Waals surface area contributed by atoms with Crippen molar-refractivity contribution in [3.63, 3.8) is 0 Å². The molecule has 2 aromatic rings. The maximum Gasteiger partial charge on any atom is 0.433 e. The van der Waals surface area contributed by atoms with Crippen LogP contribution >= 0.6 is 11.6 Å². The zero-order valence-corrected chi connectivity index (χ0v) is 12.2. The standard InChI is InChI=1S/C13H13ClF3N3.CH4/c1-6-5-9(14)8(3)18-10(6)11-7(2)12(13(15,16)17)20(4)19-11;/h5H,1-4H3;1H4. The summed E-state index contributed by atoms with van der Waals surface area (Å²) < 4.78 is 39.8. The van der Waals surface area contributed by atoms with E-state index in [1.165, 1.54) is 14.0 Å². The van der Waals surface area contributed by atoms with Gasteiger partial charge in [-0.2, -0.15) is 18.3 Å². The molecule has 2 rings (SSSR count). The molecule has 3 nitrogen and oxygen atoms in total. The highest BCUT2D eigenvalue weighted by Gasteiger charge is 2.38. The molecule has 0 amide bonds. The third-order valence-electron chi connectivity index (χ3n) is 3.12. The first-order valence-corrected chi connectivity index (χ1v) is 6.25. The second kappa shape index (κ2) is 5.67. The van der Waals surface area contributed by atoms with Crippen molar-refractivity contribution in [2.24, 2.45) is 7.05 Å². The average molecular weight is 320 g/mol. The zero-order valence-electron chi connectivity index (χ0n) is 11.4. The number of aryl methyl sites for hydroxylation is 3. The molecule has 0 radical (unpaired) electrons. The molecule has 0 aliphatic heterocycles. The second-order valence-corrected chi connectivity index (χ2v) is 5.07. The van der Waals surface area contributed by atoms with Crippen molar-refractivity contribution >= 4 is 11.6 Å². The van der Waals surface area contributed by atoms with Gasteiger partial charge in [0.05, 0.1) is 16.4 Å². The van der Waals surface area contributed by atoms with Crippen molar-refractivity contribution in [2.75, 3.05) is 0 Å². The number of rotatable bonds is 1. The van der Waals surface area contributed by atoms with Gasteiger partial charge in [0, 0.05) is 12.6 Å². The molecule has 0 saturated heterocycles. The van der Waals surface area contributed by atoms with Crippen LogP contribution in [0.25, 0.3) is 11.4 Å². The van der Waals surface area contributed by atoms with Crippen molar-refractivity contribution < 1.29 is 13.2 Å². The van der Waals surface area contributed by atoms with E-state index in [1.807, 2.05) is 0 Å². The van der Waals surface area contributed by atoms with Gasteiger partial charge in [0.25, 0.3) is 0 Å². The van der Waals surface area contributed by atoms with Crippen LogP contribution in [0.15, 0.2) is 6.07 Å². The van der Waals surface area contributed by atoms with E-state index in [4.69, 9.17) is 11.6 Å². The molecule has 21 heavy (non-hydrogen) atoms. The van der Waals surface area contributed by atoms with Crippen LogP contribution < -0.4 is 0 Å². The van der Waals surface area contributed by atoms with Gasteiger partial charge in [0.15, 0.2) is 0 Å². The van der Waals surface area contributed by atoms with Crippen LogP contribution in [0.4, 0.5) is 13.2 Å². The molecular formula is C14H17ClF3N3. The number of alkyl halides is 3. The Morgan fingerprint density at radius 2 is 1.71 bits per heavy atom. The molecule has 0 bridgehead atoms. The summed E-state index contributed by atoms with van der Waals surface area (Å²) in [6.45, 7) is 4.85. The van der Waals surface area contributed by atoms with Crippen molar-refractivity contribution in [1.29, 1.82) is 0 Å². The first kappa shape index (κ1) is 17.5. The van der Waals surface area contributed by atoms with Gasteiger partial charge >= 0.3 is 6.18 Å². The fourth-order valence-corrected chi connectivity index (χ4v) is 2.37. The molecule has 0 fully saturated rings. The summed E-state index contributed by atoms with van der Waals surface area (Å²) in [6.07, 6.45) is -4.44. The van der Waals surface area contributed by atoms with E-state index in [0.717, 1.165) is 4.68 Å². The summed E-state index contributed by atoms with van der Waals surface area (Å²) >= 11 is 5.95. The van der Waals surface area contributed by atoms with Gasteiger partial charge < -0.3 is 0 Å². The number of aromatic nitrogens is 3. The summed E-state index contributed by atoms with van der Waals surface area (Å²) in [7, 11) is 1.28. The SMILES string of the molecule is C.Cc1cc(Cl)c(C)nc1-c1nn(C)c(C(F)(F)F)c1C. The Kier molecular flexibility index (Phi) is 4.73. The topological polar surface area (TPSA) is 30.7 Å². The lowest BCUT2D eigenvalue weighted by Gasteiger charge is -2.08. The molecule has 0 aliphatic rings. The van der Waals surface area contributed by atoms with E-state index in [9.17, 15) is 13.2 Å². The van der Waals surface area contributed by atoms with Crippen molar-refractivity contribution in [1.82, 2.24) is 14.8 Å². The number of halogens is 4. The minimum Gasteiger partial charge on any atom is -0.263 e. The second-order valence-electron chi connectivity index (χ2n) is 4.66. The Hall–Kier alpha value is -1.56. The lowest BCUT2D eigenvalue weighted by atomic mass is 10.1. The van der Waals surface area contributed by atoms with Gasteiger partial charge in [0.2, 0.25) is 0 Å². The summed E-state index contributed by atoms with van der Waals surface area (Å²) in [5.41, 5.74) is 1.22. The smallest absolute Gasteiger partial charge is 0.263 e. The number of nitrogens with zero attached hydrogens (tertiary/aromatic N) is 3. The van der Waals surface area contributed by atoms with Gasteiger partial charge in [-0.3, -0.25) is 4.68 Å². The van der Waals surface area contributed by atoms with Gasteiger partial charge in [0.1, 0.15) is 11.4 Å². The van der Waals surface area contributed by atoms with E-state index in [1.54, 1.807) is 19.9 Å². The highest BCUT2D eigenvalue weighted by Crippen LogP contribution is 2.36. The van der Waals surface area contributed by atoms with Crippen LogP contribution in [0.2, 0.25) is 5.02 Å². The number of hydrogen-bond donors (Lipinski definition) is 0. The van der Waals surface area contributed by atoms with Gasteiger partial charge in [-0.25, -0.2) is 4.98 Å². The summed E-state index contributed by atoms with van der Waals surface area (Å²) in [4.78, 5) is 4.26. The van der Waals surface area contributed by atoms with Crippen LogP contribution in [0.1, 0.15) is 29.9 Å². The number of hydrogen-bond acceptors (Lipinski definition) is 2. The normalized spacial score (nSPS) is 11.4. The average Bonchev–Trinajstić information content (AvgIpc) is 2.58. The van der Waals surface area contributed by atoms with E-state index in [0.29, 0.717) is 22.0 Å². The van der Waals surface area contributed by atoms with E-state index >= 15 is 0 Å². The van der Waals surface area contributed by atoms with Gasteiger partial charge in [-0.05, 0) is 32.4 Å². The Morgan fingerprint density at radius 1 is 1.14 bits per heavy atom. The Bertz CT molecular complexity index is 675. The van der Waals surface area contributed by atoms with Crippen LogP contribution in [0.5, 0.6) is 0 Å². The molecule has 0 saturated carbocycles. The molecule has 0 spiro atoms. The van der Waals surface area contributed by atoms with Crippen molar-refractivity contribution in [3.05, 3.63) is 33.6 Å². The maximum atomic E-state index is 13.0. The molecule has 116 valence electrons. The summed E-state index contributed by atoms with van der Waals surface area (Å²) in [6, 6.07) is 1.68. The van der Waals surface area contributed by atoms with Crippen LogP contribution in [-0.4, -0.2) is 14.8 Å². The van der Waals surface area contributed by atoms with E-state index < -0.39 is 11.9 Å². The highest BCUT2D eigenvalue weighted by molar-refractivity contribution is 6.31. The molecule has 0 unspecified atom stereocenters. The lowest BCUT2D eigenvalue weighted by Crippen LogP contribution is -2.13. The molecule has 0 atom stereocenters. The minimum atomic E-state index is -4.44. The third kappa shape index (κ3) is 3.05. The highest BCUT2D eigenvalue weighted by atomic mass is 35.5. The van der Waals surface area contributed by atoms with E-state index in [-0.39, 0.29) is 18.7 Å². The fourth-order valence-electron chi connectivity index (χ4n) is 2.16. The zero-order chi connectivity index (χ0) is 15.2. The molecule has 0 aromatic carbocycles. The quantitative estimate of drug-likeness (QED) is 0.761. The lowest BCUT2D eigenvalue weighted by molar-refractivity contribution is -0.144. The summed E-state index contributed by atoms with van der Waals surface area (Å²) in [5.74, 6) is 0. The third-order valence-corrected chi connectivity index (χ3v) is 3.50. The Labute approximate surface area is 126 Å². The predicted molar refractivity (Wildman–Crippen MR) is 77.4 cm³/mol. The molecule has 0 N–H and O–H groups in total. The Morgan fingerprint density at radius 3 is 2.19 bits per heavy atom. The largest absolute Gasteiger partial charge is 0.433 e. The molecular weight excluding hydrogens is 303 g/mol. The van der Waals surface area contributed by atoms with Crippen LogP contribution in [0, 0.1) is 20.8 Å². The minimum absolute atomic E-state index is 0. The monoisotopic (exact) mass is 319 g/mol. The van der Waals surface area contributed by atoms with Crippen LogP contribution in [-0.2, 0) is 13.2 Å². The fraction of sp³-hybridized carbons (Fsp3) is 0.429. The van der Waals surface area contributed by atoms with Crippen molar-refractivity contribution in [2.45, 2.75) is 34.4 Å². The number of pyridine rings is 1. The molecule has 0 aliphatic carbocycles. The molecule has 2 aromatic heterocycles. The van der Waals surface area contributed by atoms with Gasteiger partial charge in [-0.1, -0.05) is 19.0 Å². The van der Waals surface area contributed by atoms with Crippen molar-refractivity contribution in [3.8, 4) is 11.4 Å². The molecule has 7 heteroatoms. The Balaban J connectivity index is 0.00000220. The first-order valence-electron chi connectivity index (χ1n) is 5.87. The molecule has 2 heterocycles.